The minimum Gasteiger partial charge on any atom is -0.748 e. The summed E-state index contributed by atoms with van der Waals surface area (Å²) in [7, 11) is -2.22. The Labute approximate surface area is 84.1 Å². The van der Waals surface area contributed by atoms with Crippen molar-refractivity contribution in [3.63, 3.8) is 0 Å². The first-order chi connectivity index (χ1) is 6.39. The molecule has 0 spiro atoms. The van der Waals surface area contributed by atoms with Crippen LogP contribution in [0, 0.1) is 0 Å². The third kappa shape index (κ3) is 3.21. The first-order valence-corrected chi connectivity index (χ1v) is 5.92. The van der Waals surface area contributed by atoms with Crippen LogP contribution in [-0.2, 0) is 10.1 Å². The normalized spacial score (nSPS) is 23.6. The monoisotopic (exact) mass is 219 g/mol. The van der Waals surface area contributed by atoms with Gasteiger partial charge in [-0.05, 0) is 6.92 Å². The maximum absolute atomic E-state index is 10.6. The van der Waals surface area contributed by atoms with Gasteiger partial charge in [0.1, 0.15) is 7.05 Å². The Morgan fingerprint density at radius 3 is 2.64 bits per heavy atom. The Hall–Kier alpha value is -0.720. The fourth-order valence-electron chi connectivity index (χ4n) is 1.22. The Morgan fingerprint density at radius 1 is 1.57 bits per heavy atom. The summed E-state index contributed by atoms with van der Waals surface area (Å²) in [5.74, 6) is 0. The fourth-order valence-corrected chi connectivity index (χ4v) is 1.63. The quantitative estimate of drug-likeness (QED) is 0.455. The smallest absolute Gasteiger partial charge is 0.335 e. The van der Waals surface area contributed by atoms with Gasteiger partial charge in [-0.1, -0.05) is 0 Å². The number of quaternary nitrogens is 1. The van der Waals surface area contributed by atoms with E-state index in [9.17, 15) is 13.0 Å². The third-order valence-corrected chi connectivity index (χ3v) is 3.45. The number of hydrogen-bond donors (Lipinski definition) is 1. The molecule has 0 aromatic carbocycles. The van der Waals surface area contributed by atoms with Crippen molar-refractivity contribution in [2.75, 3.05) is 13.6 Å². The van der Waals surface area contributed by atoms with Crippen molar-refractivity contribution in [2.24, 2.45) is 0 Å². The largest absolute Gasteiger partial charge is 0.748 e. The van der Waals surface area contributed by atoms with Gasteiger partial charge < -0.3 is 4.55 Å². The van der Waals surface area contributed by atoms with Crippen LogP contribution in [0.5, 0.6) is 0 Å². The van der Waals surface area contributed by atoms with Crippen molar-refractivity contribution < 1.29 is 22.4 Å². The fraction of sp³-hybridized carbons (Fsp3) is 0.625. The van der Waals surface area contributed by atoms with Gasteiger partial charge in [-0.15, -0.1) is 0 Å². The van der Waals surface area contributed by atoms with Gasteiger partial charge in [0.2, 0.25) is 6.20 Å². The van der Waals surface area contributed by atoms with Crippen LogP contribution in [0.3, 0.4) is 0 Å². The summed E-state index contributed by atoms with van der Waals surface area (Å²) in [6.07, 6.45) is 6.12. The predicted molar refractivity (Wildman–Crippen MR) is 51.0 cm³/mol. The van der Waals surface area contributed by atoms with E-state index >= 15 is 0 Å². The highest BCUT2D eigenvalue weighted by molar-refractivity contribution is 7.86. The molecular formula is C8H15N2O3S+. The van der Waals surface area contributed by atoms with Gasteiger partial charge in [-0.2, -0.15) is 4.58 Å². The molecule has 0 radical (unpaired) electrons. The second kappa shape index (κ2) is 4.20. The van der Waals surface area contributed by atoms with Crippen LogP contribution in [0.15, 0.2) is 12.4 Å². The van der Waals surface area contributed by atoms with E-state index in [1.54, 1.807) is 0 Å². The molecule has 0 amide bonds. The Morgan fingerprint density at radius 2 is 2.21 bits per heavy atom. The van der Waals surface area contributed by atoms with Gasteiger partial charge in [-0.3, -0.25) is 0 Å². The Kier molecular flexibility index (Phi) is 3.41. The predicted octanol–water partition coefficient (Wildman–Crippen LogP) is -1.65. The molecule has 0 aromatic rings. The Bertz CT molecular complexity index is 359. The van der Waals surface area contributed by atoms with E-state index in [0.717, 1.165) is 4.90 Å². The van der Waals surface area contributed by atoms with Crippen molar-refractivity contribution in [3.05, 3.63) is 12.4 Å². The topological polar surface area (TPSA) is 64.7 Å². The van der Waals surface area contributed by atoms with E-state index in [0.29, 0.717) is 13.0 Å². The molecule has 1 aliphatic heterocycles. The maximum Gasteiger partial charge on any atom is 0.335 e. The van der Waals surface area contributed by atoms with Gasteiger partial charge in [0.05, 0.1) is 21.9 Å². The van der Waals surface area contributed by atoms with Crippen molar-refractivity contribution in [1.29, 1.82) is 0 Å². The highest BCUT2D eigenvalue weighted by Crippen LogP contribution is 2.00. The summed E-state index contributed by atoms with van der Waals surface area (Å²) >= 11 is 0. The van der Waals surface area contributed by atoms with Crippen LogP contribution in [0.2, 0.25) is 0 Å². The molecule has 6 heteroatoms. The number of rotatable bonds is 4. The number of nitrogens with zero attached hydrogens (tertiary/aromatic N) is 1. The molecule has 0 bridgehead atoms. The SMILES string of the molecule is CC(CC[NH+]1C=C[N+](C)=C1)S(=O)(=O)[O-]. The molecule has 5 nitrogen and oxygen atoms in total. The maximum atomic E-state index is 10.6. The molecule has 14 heavy (non-hydrogen) atoms. The highest BCUT2D eigenvalue weighted by atomic mass is 32.2. The summed E-state index contributed by atoms with van der Waals surface area (Å²) in [4.78, 5) is 1.06. The number of nitrogens with one attached hydrogen (secondary N) is 1. The van der Waals surface area contributed by atoms with Crippen LogP contribution in [0.25, 0.3) is 0 Å². The summed E-state index contributed by atoms with van der Waals surface area (Å²) < 4.78 is 33.7. The molecule has 0 fully saturated rings. The van der Waals surface area contributed by atoms with Gasteiger partial charge in [0.15, 0.2) is 6.20 Å². The van der Waals surface area contributed by atoms with E-state index in [-0.39, 0.29) is 0 Å². The summed E-state index contributed by atoms with van der Waals surface area (Å²) in [6, 6.07) is 0. The first kappa shape index (κ1) is 11.4. The van der Waals surface area contributed by atoms with Crippen LogP contribution in [0.4, 0.5) is 0 Å². The summed E-state index contributed by atoms with van der Waals surface area (Å²) in [5, 5.41) is -0.803. The van der Waals surface area contributed by atoms with E-state index < -0.39 is 15.4 Å². The number of hydrogen-bond acceptors (Lipinski definition) is 3. The van der Waals surface area contributed by atoms with Gasteiger partial charge >= 0.3 is 6.34 Å². The van der Waals surface area contributed by atoms with E-state index in [2.05, 4.69) is 0 Å². The van der Waals surface area contributed by atoms with Gasteiger partial charge in [-0.25, -0.2) is 13.3 Å². The van der Waals surface area contributed by atoms with E-state index in [1.165, 1.54) is 6.92 Å². The molecule has 0 saturated carbocycles. The molecule has 2 unspecified atom stereocenters. The second-order valence-corrected chi connectivity index (χ2v) is 5.32. The van der Waals surface area contributed by atoms with Gasteiger partial charge in [0, 0.05) is 6.42 Å². The average Bonchev–Trinajstić information content (AvgIpc) is 2.45. The zero-order valence-electron chi connectivity index (χ0n) is 8.30. The lowest BCUT2D eigenvalue weighted by molar-refractivity contribution is -0.748. The summed E-state index contributed by atoms with van der Waals surface area (Å²) in [6.45, 7) is 2.08. The molecule has 0 aromatic heterocycles. The molecule has 1 N–H and O–H groups in total. The molecule has 1 heterocycles. The molecule has 2 atom stereocenters. The minimum absolute atomic E-state index is 0.385. The van der Waals surface area contributed by atoms with Crippen LogP contribution < -0.4 is 4.90 Å². The van der Waals surface area contributed by atoms with Crippen molar-refractivity contribution in [1.82, 2.24) is 0 Å². The van der Waals surface area contributed by atoms with Crippen LogP contribution in [-0.4, -0.2) is 42.7 Å². The van der Waals surface area contributed by atoms with Crippen LogP contribution >= 0.6 is 0 Å². The lowest BCUT2D eigenvalue weighted by Crippen LogP contribution is -3.06. The second-order valence-electron chi connectivity index (χ2n) is 3.53. The molecule has 0 aliphatic carbocycles. The highest BCUT2D eigenvalue weighted by Gasteiger charge is 2.17. The average molecular weight is 219 g/mol. The first-order valence-electron chi connectivity index (χ1n) is 4.45. The third-order valence-electron chi connectivity index (χ3n) is 2.23. The zero-order valence-corrected chi connectivity index (χ0v) is 9.12. The Balaban J connectivity index is 2.39. The van der Waals surface area contributed by atoms with Crippen LogP contribution in [0.1, 0.15) is 13.3 Å². The molecule has 0 saturated heterocycles. The van der Waals surface area contributed by atoms with Crippen molar-refractivity contribution >= 4 is 16.5 Å². The lowest BCUT2D eigenvalue weighted by atomic mass is 10.3. The molecule has 1 aliphatic rings. The van der Waals surface area contributed by atoms with Crippen molar-refractivity contribution in [2.45, 2.75) is 18.6 Å². The molecule has 80 valence electrons. The van der Waals surface area contributed by atoms with E-state index in [4.69, 9.17) is 0 Å². The van der Waals surface area contributed by atoms with E-state index in [1.807, 2.05) is 30.4 Å². The standard InChI is InChI=1S/C8H14N2O3S/c1-8(14(11,12)13)3-4-10-6-5-9(2)7-10/h5-8H,3-4H2,1-2H3/p+1. The lowest BCUT2D eigenvalue weighted by Gasteiger charge is -2.15. The molecule has 1 rings (SSSR count). The van der Waals surface area contributed by atoms with Crippen molar-refractivity contribution in [3.8, 4) is 0 Å². The van der Waals surface area contributed by atoms with Gasteiger partial charge in [0.25, 0.3) is 0 Å². The molecular weight excluding hydrogens is 204 g/mol. The summed E-state index contributed by atoms with van der Waals surface area (Å²) in [5.41, 5.74) is 0. The zero-order chi connectivity index (χ0) is 10.8. The minimum atomic E-state index is -4.12.